The average molecular weight is 426 g/mol. The Hall–Kier alpha value is -4.25. The molecule has 0 aliphatic rings. The van der Waals surface area contributed by atoms with Gasteiger partial charge in [0.15, 0.2) is 0 Å². The highest BCUT2D eigenvalue weighted by Gasteiger charge is 2.14. The molecule has 32 heavy (non-hydrogen) atoms. The zero-order valence-electron chi connectivity index (χ0n) is 17.7. The van der Waals surface area contributed by atoms with Crippen LogP contribution in [-0.2, 0) is 4.79 Å². The van der Waals surface area contributed by atoms with Crippen LogP contribution in [0.3, 0.4) is 0 Å². The lowest BCUT2D eigenvalue weighted by Gasteiger charge is -2.16. The maximum atomic E-state index is 10.7. The van der Waals surface area contributed by atoms with Gasteiger partial charge in [-0.2, -0.15) is 0 Å². The van der Waals surface area contributed by atoms with Crippen LogP contribution < -0.4 is 14.2 Å². The molecule has 0 radical (unpaired) electrons. The standard InChI is InChI=1S/C27H22O5/c1-30-22-5-3-4-19(16-22)24-13-9-20-17-23(31-2)12-14-25(20)27(24)32-21-10-6-18(7-11-21)8-15-26(28)29/h3-17H,1-2H3,(H,28,29)/b15-8+. The van der Waals surface area contributed by atoms with Gasteiger partial charge in [-0.3, -0.25) is 0 Å². The van der Waals surface area contributed by atoms with Crippen molar-refractivity contribution in [2.45, 2.75) is 0 Å². The normalized spacial score (nSPS) is 10.9. The molecule has 4 aromatic rings. The summed E-state index contributed by atoms with van der Waals surface area (Å²) in [5, 5.41) is 10.7. The highest BCUT2D eigenvalue weighted by molar-refractivity contribution is 5.96. The van der Waals surface area contributed by atoms with Crippen LogP contribution in [0.2, 0.25) is 0 Å². The molecule has 1 N–H and O–H groups in total. The van der Waals surface area contributed by atoms with Crippen molar-refractivity contribution in [1.82, 2.24) is 0 Å². The van der Waals surface area contributed by atoms with Gasteiger partial charge in [0.1, 0.15) is 23.0 Å². The summed E-state index contributed by atoms with van der Waals surface area (Å²) in [4.78, 5) is 10.7. The highest BCUT2D eigenvalue weighted by atomic mass is 16.5. The van der Waals surface area contributed by atoms with Crippen LogP contribution in [0, 0.1) is 0 Å². The summed E-state index contributed by atoms with van der Waals surface area (Å²) < 4.78 is 17.2. The fraction of sp³-hybridized carbons (Fsp3) is 0.0741. The molecular formula is C27H22O5. The summed E-state index contributed by atoms with van der Waals surface area (Å²) in [6.45, 7) is 0. The van der Waals surface area contributed by atoms with Crippen LogP contribution in [0.25, 0.3) is 28.0 Å². The van der Waals surface area contributed by atoms with Gasteiger partial charge in [-0.05, 0) is 71.1 Å². The lowest BCUT2D eigenvalue weighted by molar-refractivity contribution is -0.131. The van der Waals surface area contributed by atoms with Crippen LogP contribution in [0.15, 0.2) is 84.9 Å². The van der Waals surface area contributed by atoms with Gasteiger partial charge >= 0.3 is 5.97 Å². The van der Waals surface area contributed by atoms with Gasteiger partial charge < -0.3 is 19.3 Å². The molecular weight excluding hydrogens is 404 g/mol. The molecule has 0 saturated carbocycles. The summed E-state index contributed by atoms with van der Waals surface area (Å²) >= 11 is 0. The molecule has 0 aliphatic heterocycles. The average Bonchev–Trinajstić information content (AvgIpc) is 2.83. The first kappa shape index (κ1) is 21.0. The van der Waals surface area contributed by atoms with Gasteiger partial charge in [0.25, 0.3) is 0 Å². The molecule has 0 spiro atoms. The summed E-state index contributed by atoms with van der Waals surface area (Å²) in [5.41, 5.74) is 2.67. The molecule has 4 rings (SSSR count). The lowest BCUT2D eigenvalue weighted by Crippen LogP contribution is -1.92. The number of hydrogen-bond acceptors (Lipinski definition) is 4. The largest absolute Gasteiger partial charge is 0.497 e. The summed E-state index contributed by atoms with van der Waals surface area (Å²) in [6, 6.07) is 25.0. The molecule has 0 fully saturated rings. The van der Waals surface area contributed by atoms with Crippen LogP contribution in [-0.4, -0.2) is 25.3 Å². The SMILES string of the molecule is COc1cccc(-c2ccc3cc(OC)ccc3c2Oc2ccc(/C=C/C(=O)O)cc2)c1. The monoisotopic (exact) mass is 426 g/mol. The van der Waals surface area contributed by atoms with Crippen LogP contribution in [0.4, 0.5) is 0 Å². The van der Waals surface area contributed by atoms with Gasteiger partial charge in [0.05, 0.1) is 14.2 Å². The molecule has 0 heterocycles. The van der Waals surface area contributed by atoms with Crippen molar-refractivity contribution in [2.75, 3.05) is 14.2 Å². The van der Waals surface area contributed by atoms with E-state index in [9.17, 15) is 4.79 Å². The summed E-state index contributed by atoms with van der Waals surface area (Å²) in [6.07, 6.45) is 2.65. The lowest BCUT2D eigenvalue weighted by atomic mass is 9.99. The van der Waals surface area contributed by atoms with Gasteiger partial charge in [-0.1, -0.05) is 30.3 Å². The Labute approximate surface area is 186 Å². The molecule has 160 valence electrons. The molecule has 0 saturated heterocycles. The Balaban J connectivity index is 1.80. The fourth-order valence-corrected chi connectivity index (χ4v) is 3.47. The zero-order valence-corrected chi connectivity index (χ0v) is 17.7. The van der Waals surface area contributed by atoms with E-state index in [1.165, 1.54) is 6.08 Å². The Morgan fingerprint density at radius 2 is 1.53 bits per heavy atom. The molecule has 0 bridgehead atoms. The zero-order chi connectivity index (χ0) is 22.5. The maximum absolute atomic E-state index is 10.7. The summed E-state index contributed by atoms with van der Waals surface area (Å²) in [5.74, 6) is 1.90. The molecule has 0 unspecified atom stereocenters. The predicted octanol–water partition coefficient (Wildman–Crippen LogP) is 6.41. The van der Waals surface area contributed by atoms with E-state index in [4.69, 9.17) is 19.3 Å². The number of carbonyl (C=O) groups is 1. The maximum Gasteiger partial charge on any atom is 0.328 e. The number of carboxylic acids is 1. The number of carboxylic acid groups (broad SMARTS) is 1. The van der Waals surface area contributed by atoms with Crippen molar-refractivity contribution in [3.63, 3.8) is 0 Å². The topological polar surface area (TPSA) is 65.0 Å². The Morgan fingerprint density at radius 3 is 2.25 bits per heavy atom. The van der Waals surface area contributed by atoms with Crippen molar-refractivity contribution < 1.29 is 24.1 Å². The molecule has 0 aliphatic carbocycles. The van der Waals surface area contributed by atoms with Crippen molar-refractivity contribution >= 4 is 22.8 Å². The first-order chi connectivity index (χ1) is 15.6. The quantitative estimate of drug-likeness (QED) is 0.346. The first-order valence-corrected chi connectivity index (χ1v) is 10.0. The van der Waals surface area contributed by atoms with Crippen LogP contribution in [0.1, 0.15) is 5.56 Å². The van der Waals surface area contributed by atoms with Crippen molar-refractivity contribution in [2.24, 2.45) is 0 Å². The minimum Gasteiger partial charge on any atom is -0.497 e. The third-order valence-electron chi connectivity index (χ3n) is 5.08. The van der Waals surface area contributed by atoms with E-state index in [0.29, 0.717) is 11.5 Å². The number of methoxy groups -OCH3 is 2. The molecule has 5 heteroatoms. The molecule has 0 atom stereocenters. The van der Waals surface area contributed by atoms with E-state index in [1.54, 1.807) is 14.2 Å². The number of aliphatic carboxylic acids is 1. The van der Waals surface area contributed by atoms with Gasteiger partial charge in [0.2, 0.25) is 0 Å². The van der Waals surface area contributed by atoms with Gasteiger partial charge in [-0.15, -0.1) is 0 Å². The highest BCUT2D eigenvalue weighted by Crippen LogP contribution is 2.41. The Kier molecular flexibility index (Phi) is 6.08. The number of rotatable bonds is 7. The Bertz CT molecular complexity index is 1290. The molecule has 4 aromatic carbocycles. The molecule has 0 amide bonds. The molecule has 5 nitrogen and oxygen atoms in total. The Morgan fingerprint density at radius 1 is 0.812 bits per heavy atom. The third-order valence-corrected chi connectivity index (χ3v) is 5.08. The van der Waals surface area contributed by atoms with Crippen molar-refractivity contribution in [1.29, 1.82) is 0 Å². The molecule has 0 aromatic heterocycles. The van der Waals surface area contributed by atoms with Crippen molar-refractivity contribution in [3.05, 3.63) is 90.5 Å². The first-order valence-electron chi connectivity index (χ1n) is 10.0. The van der Waals surface area contributed by atoms with Gasteiger partial charge in [-0.25, -0.2) is 4.79 Å². The number of ether oxygens (including phenoxy) is 3. The van der Waals surface area contributed by atoms with Crippen LogP contribution >= 0.6 is 0 Å². The third kappa shape index (κ3) is 4.57. The van der Waals surface area contributed by atoms with E-state index in [1.807, 2.05) is 78.9 Å². The van der Waals surface area contributed by atoms with E-state index < -0.39 is 5.97 Å². The summed E-state index contributed by atoms with van der Waals surface area (Å²) in [7, 11) is 3.28. The van der Waals surface area contributed by atoms with E-state index in [2.05, 4.69) is 0 Å². The van der Waals surface area contributed by atoms with Gasteiger partial charge in [0, 0.05) is 17.0 Å². The second kappa shape index (κ2) is 9.27. The predicted molar refractivity (Wildman–Crippen MR) is 126 cm³/mol. The van der Waals surface area contributed by atoms with E-state index in [-0.39, 0.29) is 0 Å². The van der Waals surface area contributed by atoms with E-state index >= 15 is 0 Å². The van der Waals surface area contributed by atoms with Crippen molar-refractivity contribution in [3.8, 4) is 34.1 Å². The number of hydrogen-bond donors (Lipinski definition) is 1. The minimum atomic E-state index is -0.987. The van der Waals surface area contributed by atoms with E-state index in [0.717, 1.165) is 45.0 Å². The minimum absolute atomic E-state index is 0.643. The van der Waals surface area contributed by atoms with Crippen LogP contribution in [0.5, 0.6) is 23.0 Å². The second-order valence-corrected chi connectivity index (χ2v) is 7.10. The number of fused-ring (bicyclic) bond motifs is 1. The second-order valence-electron chi connectivity index (χ2n) is 7.10. The smallest absolute Gasteiger partial charge is 0.328 e. The fourth-order valence-electron chi connectivity index (χ4n) is 3.47. The number of benzene rings is 4.